The fraction of sp³-hybridized carbons (Fsp3) is 0.0345. The first-order valence-electron chi connectivity index (χ1n) is 11.6. The van der Waals surface area contributed by atoms with E-state index in [0.29, 0.717) is 23.6 Å². The Morgan fingerprint density at radius 2 is 1.35 bits per heavy atom. The molecule has 0 unspecified atom stereocenters. The molecule has 0 spiro atoms. The molecule has 5 aromatic rings. The number of amides is 2. The number of hydrogen-bond donors (Lipinski definition) is 2. The predicted octanol–water partition coefficient (Wildman–Crippen LogP) is 5.89. The highest BCUT2D eigenvalue weighted by atomic mass is 16.5. The van der Waals surface area contributed by atoms with E-state index in [1.165, 1.54) is 0 Å². The maximum atomic E-state index is 12.6. The van der Waals surface area contributed by atoms with Crippen LogP contribution in [0.15, 0.2) is 125 Å². The minimum absolute atomic E-state index is 0.0680. The SMILES string of the molecule is O=C(NN=C(c1ccccc1)c1ccccc1)Nc1nnc(-c2ccccc2OCc2ccccc2)o1. The van der Waals surface area contributed by atoms with Crippen LogP contribution in [0.2, 0.25) is 0 Å². The lowest BCUT2D eigenvalue weighted by atomic mass is 10.0. The fourth-order valence-corrected chi connectivity index (χ4v) is 3.61. The number of anilines is 1. The molecule has 2 N–H and O–H groups in total. The highest BCUT2D eigenvalue weighted by Crippen LogP contribution is 2.30. The number of hydrogen-bond acceptors (Lipinski definition) is 6. The summed E-state index contributed by atoms with van der Waals surface area (Å²) in [5.41, 5.74) is 6.51. The van der Waals surface area contributed by atoms with E-state index in [0.717, 1.165) is 16.7 Å². The fourth-order valence-electron chi connectivity index (χ4n) is 3.61. The topological polar surface area (TPSA) is 102 Å². The molecule has 5 rings (SSSR count). The van der Waals surface area contributed by atoms with E-state index in [4.69, 9.17) is 9.15 Å². The average Bonchev–Trinajstić information content (AvgIpc) is 3.42. The zero-order valence-electron chi connectivity index (χ0n) is 19.7. The van der Waals surface area contributed by atoms with Crippen molar-refractivity contribution in [1.29, 1.82) is 0 Å². The number of benzene rings is 4. The predicted molar refractivity (Wildman–Crippen MR) is 141 cm³/mol. The van der Waals surface area contributed by atoms with Crippen LogP contribution >= 0.6 is 0 Å². The minimum Gasteiger partial charge on any atom is -0.488 e. The van der Waals surface area contributed by atoms with Crippen molar-refractivity contribution in [3.05, 3.63) is 132 Å². The van der Waals surface area contributed by atoms with Gasteiger partial charge in [0.15, 0.2) is 0 Å². The van der Waals surface area contributed by atoms with E-state index in [9.17, 15) is 4.79 Å². The van der Waals surface area contributed by atoms with Crippen LogP contribution < -0.4 is 15.5 Å². The van der Waals surface area contributed by atoms with Gasteiger partial charge < -0.3 is 9.15 Å². The Bertz CT molecular complexity index is 1440. The van der Waals surface area contributed by atoms with Crippen LogP contribution in [0.3, 0.4) is 0 Å². The summed E-state index contributed by atoms with van der Waals surface area (Å²) in [6.45, 7) is 0.392. The zero-order valence-corrected chi connectivity index (χ0v) is 19.7. The van der Waals surface area contributed by atoms with Gasteiger partial charge in [0.2, 0.25) is 0 Å². The molecule has 8 heteroatoms. The van der Waals surface area contributed by atoms with Crippen molar-refractivity contribution >= 4 is 17.8 Å². The molecular formula is C29H23N5O3. The lowest BCUT2D eigenvalue weighted by Gasteiger charge is -2.09. The van der Waals surface area contributed by atoms with Crippen molar-refractivity contribution in [3.8, 4) is 17.2 Å². The minimum atomic E-state index is -0.617. The monoisotopic (exact) mass is 489 g/mol. The van der Waals surface area contributed by atoms with Crippen LogP contribution in [0.5, 0.6) is 5.75 Å². The van der Waals surface area contributed by atoms with Crippen molar-refractivity contribution in [3.63, 3.8) is 0 Å². The largest absolute Gasteiger partial charge is 0.488 e. The number of para-hydroxylation sites is 1. The van der Waals surface area contributed by atoms with Crippen LogP contribution in [0.1, 0.15) is 16.7 Å². The maximum absolute atomic E-state index is 12.6. The van der Waals surface area contributed by atoms with Gasteiger partial charge in [0.1, 0.15) is 12.4 Å². The van der Waals surface area contributed by atoms with Crippen molar-refractivity contribution in [2.45, 2.75) is 6.61 Å². The highest BCUT2D eigenvalue weighted by Gasteiger charge is 2.15. The third-order valence-corrected chi connectivity index (χ3v) is 5.36. The van der Waals surface area contributed by atoms with Gasteiger partial charge in [-0.3, -0.25) is 5.32 Å². The molecule has 0 aliphatic heterocycles. The van der Waals surface area contributed by atoms with Crippen molar-refractivity contribution in [2.75, 3.05) is 5.32 Å². The van der Waals surface area contributed by atoms with Gasteiger partial charge in [-0.25, -0.2) is 10.2 Å². The van der Waals surface area contributed by atoms with Crippen molar-refractivity contribution in [1.82, 2.24) is 15.6 Å². The van der Waals surface area contributed by atoms with E-state index in [1.807, 2.05) is 115 Å². The standard InChI is InChI=1S/C29H23N5O3/c35-28(33-31-26(22-14-6-2-7-15-22)23-16-8-3-9-17-23)30-29-34-32-27(37-29)24-18-10-11-19-25(24)36-20-21-12-4-1-5-13-21/h1-19H,20H2,(H2,30,33,34,35). The van der Waals surface area contributed by atoms with Crippen molar-refractivity contribution in [2.24, 2.45) is 5.10 Å². The third kappa shape index (κ3) is 6.07. The first kappa shape index (κ1) is 23.5. The second-order valence-corrected chi connectivity index (χ2v) is 7.94. The lowest BCUT2D eigenvalue weighted by Crippen LogP contribution is -2.26. The number of hydrazone groups is 1. The number of urea groups is 1. The molecule has 1 heterocycles. The third-order valence-electron chi connectivity index (χ3n) is 5.36. The smallest absolute Gasteiger partial charge is 0.343 e. The van der Waals surface area contributed by atoms with Crippen LogP contribution in [0, 0.1) is 0 Å². The quantitative estimate of drug-likeness (QED) is 0.209. The highest BCUT2D eigenvalue weighted by molar-refractivity contribution is 6.13. The van der Waals surface area contributed by atoms with Crippen LogP contribution in [-0.2, 0) is 6.61 Å². The van der Waals surface area contributed by atoms with E-state index in [2.05, 4.69) is 26.0 Å². The number of carbonyl (C=O) groups is 1. The Morgan fingerprint density at radius 3 is 2.03 bits per heavy atom. The second kappa shape index (κ2) is 11.5. The summed E-state index contributed by atoms with van der Waals surface area (Å²) in [4.78, 5) is 12.6. The van der Waals surface area contributed by atoms with E-state index in [-0.39, 0.29) is 11.9 Å². The molecule has 0 aliphatic rings. The second-order valence-electron chi connectivity index (χ2n) is 7.94. The molecule has 0 aliphatic carbocycles. The molecule has 4 aromatic carbocycles. The Morgan fingerprint density at radius 1 is 0.757 bits per heavy atom. The molecule has 8 nitrogen and oxygen atoms in total. The molecule has 0 fully saturated rings. The Balaban J connectivity index is 1.28. The van der Waals surface area contributed by atoms with Crippen LogP contribution in [0.25, 0.3) is 11.5 Å². The summed E-state index contributed by atoms with van der Waals surface area (Å²) < 4.78 is 11.7. The lowest BCUT2D eigenvalue weighted by molar-refractivity contribution is 0.252. The molecule has 2 amide bonds. The molecule has 0 saturated carbocycles. The Hall–Kier alpha value is -5.24. The Kier molecular flexibility index (Phi) is 7.28. The molecule has 0 bridgehead atoms. The van der Waals surface area contributed by atoms with Gasteiger partial charge >= 0.3 is 12.0 Å². The zero-order chi connectivity index (χ0) is 25.3. The van der Waals surface area contributed by atoms with Gasteiger partial charge in [-0.05, 0) is 17.7 Å². The van der Waals surface area contributed by atoms with Gasteiger partial charge in [-0.15, -0.1) is 5.10 Å². The first-order valence-corrected chi connectivity index (χ1v) is 11.6. The summed E-state index contributed by atoms with van der Waals surface area (Å²) in [6, 6.07) is 35.7. The van der Waals surface area contributed by atoms with Crippen LogP contribution in [0.4, 0.5) is 10.8 Å². The maximum Gasteiger partial charge on any atom is 0.343 e. The van der Waals surface area contributed by atoms with Gasteiger partial charge in [-0.2, -0.15) is 5.10 Å². The molecule has 0 saturated heterocycles. The summed E-state index contributed by atoms with van der Waals surface area (Å²) >= 11 is 0. The van der Waals surface area contributed by atoms with Crippen molar-refractivity contribution < 1.29 is 13.9 Å². The molecular weight excluding hydrogens is 466 g/mol. The molecule has 37 heavy (non-hydrogen) atoms. The van der Waals surface area contributed by atoms with Gasteiger partial charge in [0.05, 0.1) is 11.3 Å². The average molecular weight is 490 g/mol. The van der Waals surface area contributed by atoms with Gasteiger partial charge in [0, 0.05) is 11.1 Å². The molecule has 182 valence electrons. The molecule has 0 radical (unpaired) electrons. The van der Waals surface area contributed by atoms with Crippen LogP contribution in [-0.4, -0.2) is 21.9 Å². The number of rotatable bonds is 8. The summed E-state index contributed by atoms with van der Waals surface area (Å²) in [7, 11) is 0. The number of nitrogens with zero attached hydrogens (tertiary/aromatic N) is 3. The summed E-state index contributed by atoms with van der Waals surface area (Å²) in [5, 5.41) is 14.9. The summed E-state index contributed by atoms with van der Waals surface area (Å²) in [5.74, 6) is 0.808. The van der Waals surface area contributed by atoms with E-state index >= 15 is 0 Å². The normalized spacial score (nSPS) is 10.4. The van der Waals surface area contributed by atoms with Gasteiger partial charge in [-0.1, -0.05) is 108 Å². The number of carbonyl (C=O) groups excluding carboxylic acids is 1. The first-order chi connectivity index (χ1) is 18.3. The Labute approximate surface area is 213 Å². The molecule has 1 aromatic heterocycles. The number of ether oxygens (including phenoxy) is 1. The van der Waals surface area contributed by atoms with E-state index in [1.54, 1.807) is 0 Å². The van der Waals surface area contributed by atoms with Gasteiger partial charge in [0.25, 0.3) is 5.89 Å². The van der Waals surface area contributed by atoms with E-state index < -0.39 is 6.03 Å². The summed E-state index contributed by atoms with van der Waals surface area (Å²) in [6.07, 6.45) is 0. The molecule has 0 atom stereocenters. The number of aromatic nitrogens is 2. The number of nitrogens with one attached hydrogen (secondary N) is 2.